The Morgan fingerprint density at radius 3 is 2.91 bits per heavy atom. The van der Waals surface area contributed by atoms with Gasteiger partial charge in [0.1, 0.15) is 5.56 Å². The number of hydrogen-bond acceptors (Lipinski definition) is 4. The van der Waals surface area contributed by atoms with E-state index in [1.807, 2.05) is 31.2 Å². The van der Waals surface area contributed by atoms with Crippen LogP contribution in [-0.2, 0) is 0 Å². The Balaban J connectivity index is 2.26. The molecule has 0 aliphatic carbocycles. The molecule has 1 aromatic carbocycles. The molecule has 0 fully saturated rings. The third kappa shape index (κ3) is 2.56. The van der Waals surface area contributed by atoms with Crippen LogP contribution in [0.4, 0.5) is 0 Å². The molecule has 0 unspecified atom stereocenters. The predicted octanol–water partition coefficient (Wildman–Crippen LogP) is 2.89. The molecule has 3 rings (SSSR count). The first kappa shape index (κ1) is 14.2. The van der Waals surface area contributed by atoms with E-state index in [0.29, 0.717) is 11.4 Å². The largest absolute Gasteiger partial charge is 0.494 e. The van der Waals surface area contributed by atoms with Gasteiger partial charge in [-0.3, -0.25) is 19.3 Å². The topological polar surface area (TPSA) is 70.4 Å². The highest BCUT2D eigenvalue weighted by molar-refractivity contribution is 7.71. The zero-order valence-electron chi connectivity index (χ0n) is 11.8. The van der Waals surface area contributed by atoms with Crippen LogP contribution in [0.1, 0.15) is 11.1 Å². The van der Waals surface area contributed by atoms with Gasteiger partial charge in [-0.05, 0) is 55.1 Å². The van der Waals surface area contributed by atoms with E-state index in [-0.39, 0.29) is 16.2 Å². The molecule has 22 heavy (non-hydrogen) atoms. The average molecular weight is 311 g/mol. The monoisotopic (exact) mass is 311 g/mol. The third-order valence-electron chi connectivity index (χ3n) is 3.25. The number of aliphatic imine (C=N–C) groups is 1. The lowest BCUT2D eigenvalue weighted by atomic mass is 10.2. The van der Waals surface area contributed by atoms with Crippen molar-refractivity contribution in [1.82, 2.24) is 9.55 Å². The Labute approximate surface area is 131 Å². The van der Waals surface area contributed by atoms with Crippen molar-refractivity contribution >= 4 is 24.5 Å². The second-order valence-electron chi connectivity index (χ2n) is 4.88. The maximum absolute atomic E-state index is 12.1. The van der Waals surface area contributed by atoms with Gasteiger partial charge in [-0.25, -0.2) is 0 Å². The molecule has 1 aromatic heterocycles. The Hall–Kier alpha value is -2.73. The van der Waals surface area contributed by atoms with E-state index in [2.05, 4.69) is 9.98 Å². The van der Waals surface area contributed by atoms with E-state index < -0.39 is 5.56 Å². The predicted molar refractivity (Wildman–Crippen MR) is 89.2 cm³/mol. The average Bonchev–Trinajstić information content (AvgIpc) is 2.96. The van der Waals surface area contributed by atoms with E-state index in [1.165, 1.54) is 10.6 Å². The number of benzene rings is 1. The van der Waals surface area contributed by atoms with Gasteiger partial charge >= 0.3 is 0 Å². The number of aromatic amines is 1. The van der Waals surface area contributed by atoms with Gasteiger partial charge < -0.3 is 5.11 Å². The van der Waals surface area contributed by atoms with Crippen LogP contribution in [0.3, 0.4) is 0 Å². The molecule has 6 heteroatoms. The lowest BCUT2D eigenvalue weighted by molar-refractivity contribution is 0.432. The van der Waals surface area contributed by atoms with Crippen LogP contribution >= 0.6 is 12.2 Å². The molecule has 1 aliphatic heterocycles. The smallest absolute Gasteiger partial charge is 0.262 e. The van der Waals surface area contributed by atoms with Gasteiger partial charge in [0.05, 0.1) is 11.4 Å². The fraction of sp³-hybridized carbons (Fsp3) is 0.0625. The molecular weight excluding hydrogens is 298 g/mol. The normalized spacial score (nSPS) is 14.9. The number of aromatic nitrogens is 2. The van der Waals surface area contributed by atoms with Gasteiger partial charge in [-0.2, -0.15) is 0 Å². The number of aryl methyl sites for hydroxylation is 1. The first-order valence-electron chi connectivity index (χ1n) is 6.64. The summed E-state index contributed by atoms with van der Waals surface area (Å²) < 4.78 is 1.57. The summed E-state index contributed by atoms with van der Waals surface area (Å²) in [5.41, 5.74) is 1.97. The fourth-order valence-electron chi connectivity index (χ4n) is 2.22. The van der Waals surface area contributed by atoms with E-state index in [1.54, 1.807) is 18.4 Å². The summed E-state index contributed by atoms with van der Waals surface area (Å²) in [6.45, 7) is 1.94. The second-order valence-corrected chi connectivity index (χ2v) is 5.26. The van der Waals surface area contributed by atoms with E-state index in [4.69, 9.17) is 12.2 Å². The summed E-state index contributed by atoms with van der Waals surface area (Å²) in [5, 5.41) is 10.5. The van der Waals surface area contributed by atoms with Crippen LogP contribution in [0, 0.1) is 11.7 Å². The van der Waals surface area contributed by atoms with Crippen molar-refractivity contribution in [3.05, 3.63) is 68.4 Å². The Kier molecular flexibility index (Phi) is 3.60. The van der Waals surface area contributed by atoms with Gasteiger partial charge in [-0.1, -0.05) is 12.1 Å². The quantitative estimate of drug-likeness (QED) is 0.838. The van der Waals surface area contributed by atoms with Crippen molar-refractivity contribution in [2.45, 2.75) is 6.92 Å². The summed E-state index contributed by atoms with van der Waals surface area (Å²) in [7, 11) is 0. The fourth-order valence-corrected chi connectivity index (χ4v) is 2.51. The minimum atomic E-state index is -0.450. The molecule has 1 aliphatic rings. The number of allylic oxidation sites excluding steroid dienone is 2. The Morgan fingerprint density at radius 1 is 1.41 bits per heavy atom. The Morgan fingerprint density at radius 2 is 2.23 bits per heavy atom. The third-order valence-corrected chi connectivity index (χ3v) is 3.53. The first-order chi connectivity index (χ1) is 10.6. The molecule has 110 valence electrons. The van der Waals surface area contributed by atoms with Crippen LogP contribution in [0.15, 0.2) is 51.9 Å². The van der Waals surface area contributed by atoms with Crippen LogP contribution in [0.25, 0.3) is 11.8 Å². The van der Waals surface area contributed by atoms with Gasteiger partial charge in [0.25, 0.3) is 5.56 Å². The molecule has 0 radical (unpaired) electrons. The maximum atomic E-state index is 12.1. The van der Waals surface area contributed by atoms with Crippen LogP contribution in [-0.4, -0.2) is 20.9 Å². The van der Waals surface area contributed by atoms with Crippen molar-refractivity contribution < 1.29 is 5.11 Å². The van der Waals surface area contributed by atoms with Gasteiger partial charge in [0, 0.05) is 6.21 Å². The molecule has 5 nitrogen and oxygen atoms in total. The zero-order chi connectivity index (χ0) is 15.7. The highest BCUT2D eigenvalue weighted by Gasteiger charge is 2.13. The minimum absolute atomic E-state index is 0.119. The lowest BCUT2D eigenvalue weighted by Crippen LogP contribution is -2.16. The van der Waals surface area contributed by atoms with Crippen LogP contribution < -0.4 is 5.56 Å². The maximum Gasteiger partial charge on any atom is 0.262 e. The number of nitrogens with one attached hydrogen (secondary N) is 1. The SMILES string of the molecule is Cc1cccc(-n2c(O)c(/C=C3\C=CC=N3)c(=O)[nH]c2=S)c1. The second kappa shape index (κ2) is 5.57. The molecule has 2 heterocycles. The molecule has 2 aromatic rings. The van der Waals surface area contributed by atoms with E-state index >= 15 is 0 Å². The van der Waals surface area contributed by atoms with Crippen molar-refractivity contribution in [3.8, 4) is 11.6 Å². The van der Waals surface area contributed by atoms with Crippen LogP contribution in [0.5, 0.6) is 5.88 Å². The summed E-state index contributed by atoms with van der Waals surface area (Å²) in [5.74, 6) is -0.206. The van der Waals surface area contributed by atoms with Crippen molar-refractivity contribution in [2.24, 2.45) is 4.99 Å². The molecule has 0 saturated carbocycles. The van der Waals surface area contributed by atoms with E-state index in [0.717, 1.165) is 5.56 Å². The molecule has 2 N–H and O–H groups in total. The summed E-state index contributed by atoms with van der Waals surface area (Å²) in [6, 6.07) is 7.49. The van der Waals surface area contributed by atoms with Gasteiger partial charge in [0.15, 0.2) is 4.77 Å². The molecule has 0 spiro atoms. The number of rotatable bonds is 2. The summed E-state index contributed by atoms with van der Waals surface area (Å²) >= 11 is 5.18. The number of hydrogen-bond donors (Lipinski definition) is 2. The minimum Gasteiger partial charge on any atom is -0.494 e. The van der Waals surface area contributed by atoms with Crippen molar-refractivity contribution in [2.75, 3.05) is 0 Å². The Bertz CT molecular complexity index is 935. The molecule has 0 atom stereocenters. The lowest BCUT2D eigenvalue weighted by Gasteiger charge is -2.12. The molecule has 0 amide bonds. The van der Waals surface area contributed by atoms with Crippen LogP contribution in [0.2, 0.25) is 0 Å². The van der Waals surface area contributed by atoms with E-state index in [9.17, 15) is 9.90 Å². The first-order valence-corrected chi connectivity index (χ1v) is 7.05. The van der Waals surface area contributed by atoms with Gasteiger partial charge in [-0.15, -0.1) is 0 Å². The highest BCUT2D eigenvalue weighted by Crippen LogP contribution is 2.22. The number of aromatic hydroxyl groups is 1. The zero-order valence-corrected chi connectivity index (χ0v) is 12.6. The molecule has 0 saturated heterocycles. The molecular formula is C16H13N3O2S. The van der Waals surface area contributed by atoms with Gasteiger partial charge in [0.2, 0.25) is 5.88 Å². The number of H-pyrrole nitrogens is 1. The highest BCUT2D eigenvalue weighted by atomic mass is 32.1. The summed E-state index contributed by atoms with van der Waals surface area (Å²) in [6.07, 6.45) is 6.65. The van der Waals surface area contributed by atoms with Crippen molar-refractivity contribution in [1.29, 1.82) is 0 Å². The molecule has 0 bridgehead atoms. The van der Waals surface area contributed by atoms with Crippen molar-refractivity contribution in [3.63, 3.8) is 0 Å². The summed E-state index contributed by atoms with van der Waals surface area (Å²) in [4.78, 5) is 18.7. The standard InChI is InChI=1S/C16H13N3O2S/c1-10-4-2-6-12(8-10)19-15(21)13(14(20)18-16(19)22)9-11-5-3-7-17-11/h2-9,21H,1H3,(H,18,20,22)/b11-9+. The number of nitrogens with zero attached hydrogens (tertiary/aromatic N) is 2.